The molecule has 0 amide bonds. The number of thiazole rings is 1. The van der Waals surface area contributed by atoms with Gasteiger partial charge in [-0.25, -0.2) is 4.98 Å². The standard InChI is InChI=1S/C5H5ClN2O2S2/c6-1-2-11-5-7-3-4(12-5)8(9)10/h3H,1-2H2. The smallest absolute Gasteiger partial charge is 0.257 e. The molecule has 66 valence electrons. The molecule has 0 fully saturated rings. The summed E-state index contributed by atoms with van der Waals surface area (Å²) in [4.78, 5) is 13.6. The highest BCUT2D eigenvalue weighted by Crippen LogP contribution is 2.28. The molecule has 12 heavy (non-hydrogen) atoms. The summed E-state index contributed by atoms with van der Waals surface area (Å²) >= 11 is 7.95. The topological polar surface area (TPSA) is 56.0 Å². The molecule has 0 aromatic carbocycles. The van der Waals surface area contributed by atoms with Gasteiger partial charge in [-0.05, 0) is 11.3 Å². The van der Waals surface area contributed by atoms with Gasteiger partial charge in [-0.2, -0.15) is 0 Å². The lowest BCUT2D eigenvalue weighted by atomic mass is 10.9. The van der Waals surface area contributed by atoms with Crippen molar-refractivity contribution < 1.29 is 4.92 Å². The molecule has 0 atom stereocenters. The van der Waals surface area contributed by atoms with Crippen molar-refractivity contribution in [1.29, 1.82) is 0 Å². The number of nitrogens with zero attached hydrogens (tertiary/aromatic N) is 2. The first-order chi connectivity index (χ1) is 5.74. The highest BCUT2D eigenvalue weighted by molar-refractivity contribution is 8.01. The Balaban J connectivity index is 2.58. The number of rotatable bonds is 4. The molecule has 0 aliphatic heterocycles. The SMILES string of the molecule is O=[N+]([O-])c1cnc(SCCCl)s1. The average molecular weight is 225 g/mol. The highest BCUT2D eigenvalue weighted by atomic mass is 35.5. The third kappa shape index (κ3) is 2.62. The zero-order valence-electron chi connectivity index (χ0n) is 5.90. The van der Waals surface area contributed by atoms with Crippen molar-refractivity contribution in [2.24, 2.45) is 0 Å². The van der Waals surface area contributed by atoms with E-state index in [4.69, 9.17) is 11.6 Å². The molecule has 0 bridgehead atoms. The van der Waals surface area contributed by atoms with Crippen LogP contribution in [0.5, 0.6) is 0 Å². The van der Waals surface area contributed by atoms with Crippen molar-refractivity contribution in [1.82, 2.24) is 4.98 Å². The first-order valence-corrected chi connectivity index (χ1v) is 5.36. The Bertz CT molecular complexity index is 278. The predicted octanol–water partition coefficient (Wildman–Crippen LogP) is 2.38. The summed E-state index contributed by atoms with van der Waals surface area (Å²) in [5.41, 5.74) is 0. The second-order valence-electron chi connectivity index (χ2n) is 1.76. The molecule has 0 spiro atoms. The zero-order valence-corrected chi connectivity index (χ0v) is 8.29. The van der Waals surface area contributed by atoms with E-state index in [1.54, 1.807) is 0 Å². The van der Waals surface area contributed by atoms with Crippen molar-refractivity contribution >= 4 is 39.7 Å². The fraction of sp³-hybridized carbons (Fsp3) is 0.400. The first kappa shape index (κ1) is 9.76. The highest BCUT2D eigenvalue weighted by Gasteiger charge is 2.10. The minimum absolute atomic E-state index is 0.0760. The molecule has 0 aliphatic rings. The van der Waals surface area contributed by atoms with Gasteiger partial charge in [0.05, 0.1) is 4.92 Å². The molecule has 0 unspecified atom stereocenters. The van der Waals surface area contributed by atoms with Crippen LogP contribution in [-0.4, -0.2) is 21.5 Å². The maximum atomic E-state index is 10.2. The van der Waals surface area contributed by atoms with Crippen LogP contribution in [0.1, 0.15) is 0 Å². The second-order valence-corrected chi connectivity index (χ2v) is 4.49. The Morgan fingerprint density at radius 3 is 3.08 bits per heavy atom. The largest absolute Gasteiger partial charge is 0.344 e. The van der Waals surface area contributed by atoms with Crippen LogP contribution in [0.2, 0.25) is 0 Å². The fourth-order valence-corrected chi connectivity index (χ4v) is 2.34. The third-order valence-corrected chi connectivity index (χ3v) is 3.48. The Morgan fingerprint density at radius 2 is 2.58 bits per heavy atom. The summed E-state index contributed by atoms with van der Waals surface area (Å²) in [7, 11) is 0. The number of alkyl halides is 1. The number of hydrogen-bond acceptors (Lipinski definition) is 5. The van der Waals surface area contributed by atoms with Gasteiger partial charge in [0.15, 0.2) is 4.34 Å². The van der Waals surface area contributed by atoms with Crippen LogP contribution in [-0.2, 0) is 0 Å². The van der Waals surface area contributed by atoms with Gasteiger partial charge in [0.2, 0.25) is 0 Å². The summed E-state index contributed by atoms with van der Waals surface area (Å²) in [5.74, 6) is 1.25. The van der Waals surface area contributed by atoms with Crippen LogP contribution in [0.3, 0.4) is 0 Å². The van der Waals surface area contributed by atoms with E-state index >= 15 is 0 Å². The van der Waals surface area contributed by atoms with Crippen molar-refractivity contribution in [3.8, 4) is 0 Å². The van der Waals surface area contributed by atoms with Crippen LogP contribution in [0.25, 0.3) is 0 Å². The zero-order chi connectivity index (χ0) is 8.97. The van der Waals surface area contributed by atoms with Crippen molar-refractivity contribution in [3.05, 3.63) is 16.3 Å². The number of halogens is 1. The number of thioether (sulfide) groups is 1. The molecular weight excluding hydrogens is 220 g/mol. The molecule has 1 aromatic heterocycles. The summed E-state index contributed by atoms with van der Waals surface area (Å²) in [6.45, 7) is 0. The molecule has 7 heteroatoms. The average Bonchev–Trinajstić information content (AvgIpc) is 2.48. The van der Waals surface area contributed by atoms with Gasteiger partial charge in [-0.1, -0.05) is 11.8 Å². The van der Waals surface area contributed by atoms with E-state index < -0.39 is 4.92 Å². The Kier molecular flexibility index (Phi) is 3.77. The summed E-state index contributed by atoms with van der Waals surface area (Å²) < 4.78 is 0.697. The molecule has 0 radical (unpaired) electrons. The quantitative estimate of drug-likeness (QED) is 0.341. The van der Waals surface area contributed by atoms with Crippen molar-refractivity contribution in [3.63, 3.8) is 0 Å². The lowest BCUT2D eigenvalue weighted by Crippen LogP contribution is -1.80. The molecule has 1 rings (SSSR count). The van der Waals surface area contributed by atoms with Gasteiger partial charge >= 0.3 is 5.00 Å². The molecule has 1 aromatic rings. The third-order valence-electron chi connectivity index (χ3n) is 0.955. The van der Waals surface area contributed by atoms with Crippen LogP contribution in [0.15, 0.2) is 10.5 Å². The summed E-state index contributed by atoms with van der Waals surface area (Å²) in [6, 6.07) is 0. The van der Waals surface area contributed by atoms with Gasteiger partial charge in [0, 0.05) is 11.6 Å². The molecule has 0 saturated carbocycles. The summed E-state index contributed by atoms with van der Waals surface area (Å²) in [6.07, 6.45) is 1.27. The minimum Gasteiger partial charge on any atom is -0.257 e. The Hall–Kier alpha value is -0.330. The van der Waals surface area contributed by atoms with E-state index in [0.29, 0.717) is 10.2 Å². The van der Waals surface area contributed by atoms with Crippen LogP contribution in [0.4, 0.5) is 5.00 Å². The van der Waals surface area contributed by atoms with E-state index in [2.05, 4.69) is 4.98 Å². The van der Waals surface area contributed by atoms with Gasteiger partial charge < -0.3 is 0 Å². The number of hydrogen-bond donors (Lipinski definition) is 0. The van der Waals surface area contributed by atoms with Gasteiger partial charge in [0.25, 0.3) is 0 Å². The molecule has 0 saturated heterocycles. The predicted molar refractivity (Wildman–Crippen MR) is 50.2 cm³/mol. The van der Waals surface area contributed by atoms with Crippen LogP contribution < -0.4 is 0 Å². The van der Waals surface area contributed by atoms with Crippen molar-refractivity contribution in [2.75, 3.05) is 11.6 Å². The Morgan fingerprint density at radius 1 is 1.83 bits per heavy atom. The van der Waals surface area contributed by atoms with Gasteiger partial charge in [-0.15, -0.1) is 11.6 Å². The van der Waals surface area contributed by atoms with Crippen LogP contribution in [0, 0.1) is 10.1 Å². The van der Waals surface area contributed by atoms with Gasteiger partial charge in [0.1, 0.15) is 6.20 Å². The summed E-state index contributed by atoms with van der Waals surface area (Å²) in [5, 5.41) is 10.3. The van der Waals surface area contributed by atoms with E-state index in [1.807, 2.05) is 0 Å². The second kappa shape index (κ2) is 4.64. The number of nitro groups is 1. The van der Waals surface area contributed by atoms with Crippen molar-refractivity contribution in [2.45, 2.75) is 4.34 Å². The lowest BCUT2D eigenvalue weighted by molar-refractivity contribution is -0.380. The maximum Gasteiger partial charge on any atom is 0.344 e. The Labute approximate surface area is 82.1 Å². The van der Waals surface area contributed by atoms with Crippen LogP contribution >= 0.6 is 34.7 Å². The molecular formula is C5H5ClN2O2S2. The fourth-order valence-electron chi connectivity index (χ4n) is 0.527. The lowest BCUT2D eigenvalue weighted by Gasteiger charge is -1.87. The van der Waals surface area contributed by atoms with E-state index in [-0.39, 0.29) is 5.00 Å². The van der Waals surface area contributed by atoms with E-state index in [0.717, 1.165) is 17.1 Å². The molecule has 1 heterocycles. The number of aromatic nitrogens is 1. The molecule has 0 aliphatic carbocycles. The van der Waals surface area contributed by atoms with E-state index in [1.165, 1.54) is 18.0 Å². The van der Waals surface area contributed by atoms with E-state index in [9.17, 15) is 10.1 Å². The monoisotopic (exact) mass is 224 g/mol. The molecule has 4 nitrogen and oxygen atoms in total. The normalized spacial score (nSPS) is 10.1. The maximum absolute atomic E-state index is 10.2. The molecule has 0 N–H and O–H groups in total. The van der Waals surface area contributed by atoms with Gasteiger partial charge in [-0.3, -0.25) is 10.1 Å². The first-order valence-electron chi connectivity index (χ1n) is 3.03. The minimum atomic E-state index is -0.442.